The topological polar surface area (TPSA) is 39.2 Å². The van der Waals surface area contributed by atoms with Crippen LogP contribution in [0.1, 0.15) is 5.56 Å². The Balaban J connectivity index is 2.33. The van der Waals surface area contributed by atoms with Gasteiger partial charge in [0.25, 0.3) is 0 Å². The molecule has 0 radical (unpaired) electrons. The highest BCUT2D eigenvalue weighted by atomic mass is 16.5. The van der Waals surface area contributed by atoms with E-state index < -0.39 is 0 Å². The molecule has 16 heavy (non-hydrogen) atoms. The van der Waals surface area contributed by atoms with Gasteiger partial charge in [0.15, 0.2) is 0 Å². The highest BCUT2D eigenvalue weighted by molar-refractivity contribution is 5.88. The summed E-state index contributed by atoms with van der Waals surface area (Å²) in [6, 6.07) is 9.81. The van der Waals surface area contributed by atoms with E-state index in [1.54, 1.807) is 12.3 Å². The van der Waals surface area contributed by atoms with Crippen LogP contribution in [0.15, 0.2) is 42.6 Å². The number of methoxy groups -OCH3 is 1. The second-order valence-electron chi connectivity index (χ2n) is 3.32. The Labute approximate surface area is 93.4 Å². The molecule has 0 fully saturated rings. The molecule has 3 heteroatoms. The molecule has 1 aromatic heterocycles. The largest absolute Gasteiger partial charge is 0.466 e. The number of pyridine rings is 1. The molecule has 0 saturated carbocycles. The second-order valence-corrected chi connectivity index (χ2v) is 3.32. The average molecular weight is 213 g/mol. The zero-order valence-corrected chi connectivity index (χ0v) is 8.88. The molecule has 0 unspecified atom stereocenters. The fraction of sp³-hybridized carbons (Fsp3) is 0.0769. The summed E-state index contributed by atoms with van der Waals surface area (Å²) in [4.78, 5) is 15.2. The number of carbonyl (C=O) groups excluding carboxylic acids is 1. The third kappa shape index (κ3) is 2.25. The van der Waals surface area contributed by atoms with Crippen LogP contribution >= 0.6 is 0 Å². The Bertz CT molecular complexity index is 546. The van der Waals surface area contributed by atoms with Gasteiger partial charge in [0, 0.05) is 17.7 Å². The summed E-state index contributed by atoms with van der Waals surface area (Å²) in [5, 5.41) is 1.05. The van der Waals surface area contributed by atoms with Gasteiger partial charge in [-0.1, -0.05) is 18.2 Å². The molecule has 3 nitrogen and oxygen atoms in total. The van der Waals surface area contributed by atoms with Gasteiger partial charge in [-0.2, -0.15) is 0 Å². The Morgan fingerprint density at radius 3 is 3.00 bits per heavy atom. The molecule has 0 aliphatic carbocycles. The third-order valence-corrected chi connectivity index (χ3v) is 2.22. The summed E-state index contributed by atoms with van der Waals surface area (Å²) in [5.41, 5.74) is 1.82. The van der Waals surface area contributed by atoms with E-state index in [1.807, 2.05) is 30.3 Å². The standard InChI is InChI=1S/C13H11NO2/c1-16-13(15)7-6-10-8-11-4-2-3-5-12(11)14-9-10/h2-9H,1H3/b7-6-. The molecule has 0 aliphatic heterocycles. The minimum absolute atomic E-state index is 0.367. The smallest absolute Gasteiger partial charge is 0.330 e. The van der Waals surface area contributed by atoms with Crippen LogP contribution in [0.3, 0.4) is 0 Å². The first-order valence-electron chi connectivity index (χ1n) is 4.90. The lowest BCUT2D eigenvalue weighted by Crippen LogP contribution is -1.93. The lowest BCUT2D eigenvalue weighted by atomic mass is 10.1. The number of benzene rings is 1. The van der Waals surface area contributed by atoms with Crippen molar-refractivity contribution in [1.82, 2.24) is 4.98 Å². The van der Waals surface area contributed by atoms with Gasteiger partial charge in [-0.3, -0.25) is 4.98 Å². The van der Waals surface area contributed by atoms with Crippen molar-refractivity contribution in [3.63, 3.8) is 0 Å². The minimum Gasteiger partial charge on any atom is -0.466 e. The lowest BCUT2D eigenvalue weighted by Gasteiger charge is -1.97. The number of nitrogens with zero attached hydrogens (tertiary/aromatic N) is 1. The Kier molecular flexibility index (Phi) is 2.96. The van der Waals surface area contributed by atoms with E-state index in [4.69, 9.17) is 0 Å². The van der Waals surface area contributed by atoms with Crippen LogP contribution in [-0.2, 0) is 9.53 Å². The van der Waals surface area contributed by atoms with E-state index in [0.29, 0.717) is 0 Å². The normalized spacial score (nSPS) is 10.8. The van der Waals surface area contributed by atoms with Crippen molar-refractivity contribution in [2.45, 2.75) is 0 Å². The van der Waals surface area contributed by atoms with E-state index in [9.17, 15) is 4.79 Å². The number of hydrogen-bond acceptors (Lipinski definition) is 3. The maximum Gasteiger partial charge on any atom is 0.330 e. The van der Waals surface area contributed by atoms with Gasteiger partial charge in [0.05, 0.1) is 12.6 Å². The van der Waals surface area contributed by atoms with Gasteiger partial charge in [0.1, 0.15) is 0 Å². The van der Waals surface area contributed by atoms with Crippen LogP contribution in [0.4, 0.5) is 0 Å². The SMILES string of the molecule is COC(=O)/C=C\c1cnc2ccccc2c1. The fourth-order valence-electron chi connectivity index (χ4n) is 1.41. The van der Waals surface area contributed by atoms with E-state index in [-0.39, 0.29) is 5.97 Å². The van der Waals surface area contributed by atoms with Gasteiger partial charge < -0.3 is 4.74 Å². The monoisotopic (exact) mass is 213 g/mol. The van der Waals surface area contributed by atoms with E-state index in [0.717, 1.165) is 16.5 Å². The zero-order valence-electron chi connectivity index (χ0n) is 8.88. The molecule has 0 bridgehead atoms. The average Bonchev–Trinajstić information content (AvgIpc) is 2.35. The first-order valence-corrected chi connectivity index (χ1v) is 4.90. The van der Waals surface area contributed by atoms with Crippen molar-refractivity contribution >= 4 is 22.9 Å². The Hall–Kier alpha value is -2.16. The third-order valence-electron chi connectivity index (χ3n) is 2.22. The van der Waals surface area contributed by atoms with Crippen LogP contribution in [-0.4, -0.2) is 18.1 Å². The highest BCUT2D eigenvalue weighted by Crippen LogP contribution is 2.13. The number of ether oxygens (including phenoxy) is 1. The number of fused-ring (bicyclic) bond motifs is 1. The molecule has 0 N–H and O–H groups in total. The van der Waals surface area contributed by atoms with Crippen molar-refractivity contribution in [3.05, 3.63) is 48.2 Å². The second kappa shape index (κ2) is 4.57. The quantitative estimate of drug-likeness (QED) is 0.568. The van der Waals surface area contributed by atoms with E-state index >= 15 is 0 Å². The molecule has 0 atom stereocenters. The van der Waals surface area contributed by atoms with Crippen LogP contribution in [0.2, 0.25) is 0 Å². The summed E-state index contributed by atoms with van der Waals surface area (Å²) in [5.74, 6) is -0.367. The molecular weight excluding hydrogens is 202 g/mol. The van der Waals surface area contributed by atoms with Gasteiger partial charge in [-0.05, 0) is 23.8 Å². The summed E-state index contributed by atoms with van der Waals surface area (Å²) in [6.07, 6.45) is 4.79. The van der Waals surface area contributed by atoms with Gasteiger partial charge >= 0.3 is 5.97 Å². The van der Waals surface area contributed by atoms with Crippen molar-refractivity contribution in [1.29, 1.82) is 0 Å². The minimum atomic E-state index is -0.367. The van der Waals surface area contributed by atoms with Gasteiger partial charge in [-0.25, -0.2) is 4.79 Å². The lowest BCUT2D eigenvalue weighted by molar-refractivity contribution is -0.134. The Morgan fingerprint density at radius 1 is 1.38 bits per heavy atom. The Morgan fingerprint density at radius 2 is 2.19 bits per heavy atom. The molecular formula is C13H11NO2. The van der Waals surface area contributed by atoms with E-state index in [2.05, 4.69) is 9.72 Å². The van der Waals surface area contributed by atoms with Crippen LogP contribution in [0, 0.1) is 0 Å². The predicted molar refractivity (Wildman–Crippen MR) is 62.8 cm³/mol. The van der Waals surface area contributed by atoms with E-state index in [1.165, 1.54) is 13.2 Å². The van der Waals surface area contributed by atoms with Gasteiger partial charge in [0.2, 0.25) is 0 Å². The molecule has 1 aromatic carbocycles. The molecule has 1 heterocycles. The summed E-state index contributed by atoms with van der Waals surface area (Å²) in [6.45, 7) is 0. The van der Waals surface area contributed by atoms with Crippen LogP contribution in [0.25, 0.3) is 17.0 Å². The molecule has 2 rings (SSSR count). The van der Waals surface area contributed by atoms with Crippen LogP contribution < -0.4 is 0 Å². The number of rotatable bonds is 2. The number of esters is 1. The number of carbonyl (C=O) groups is 1. The first-order chi connectivity index (χ1) is 7.79. The van der Waals surface area contributed by atoms with Gasteiger partial charge in [-0.15, -0.1) is 0 Å². The number of para-hydroxylation sites is 1. The summed E-state index contributed by atoms with van der Waals surface area (Å²) >= 11 is 0. The highest BCUT2D eigenvalue weighted by Gasteiger charge is 1.95. The fourth-order valence-corrected chi connectivity index (χ4v) is 1.41. The van der Waals surface area contributed by atoms with Crippen molar-refractivity contribution < 1.29 is 9.53 Å². The number of aromatic nitrogens is 1. The molecule has 0 aliphatic rings. The molecule has 80 valence electrons. The summed E-state index contributed by atoms with van der Waals surface area (Å²) < 4.78 is 4.51. The molecule has 2 aromatic rings. The van der Waals surface area contributed by atoms with Crippen molar-refractivity contribution in [2.24, 2.45) is 0 Å². The van der Waals surface area contributed by atoms with Crippen molar-refractivity contribution in [3.8, 4) is 0 Å². The zero-order chi connectivity index (χ0) is 11.4. The summed E-state index contributed by atoms with van der Waals surface area (Å²) in [7, 11) is 1.35. The number of hydrogen-bond donors (Lipinski definition) is 0. The maximum absolute atomic E-state index is 10.9. The molecule has 0 spiro atoms. The van der Waals surface area contributed by atoms with Crippen molar-refractivity contribution in [2.75, 3.05) is 7.11 Å². The predicted octanol–water partition coefficient (Wildman–Crippen LogP) is 2.42. The van der Waals surface area contributed by atoms with Crippen LogP contribution in [0.5, 0.6) is 0 Å². The molecule has 0 amide bonds. The maximum atomic E-state index is 10.9. The molecule has 0 saturated heterocycles. The first kappa shape index (κ1) is 10.4.